The van der Waals surface area contributed by atoms with Gasteiger partial charge in [0.25, 0.3) is 0 Å². The zero-order valence-corrected chi connectivity index (χ0v) is 19.7. The Morgan fingerprint density at radius 2 is 1.88 bits per heavy atom. The van der Waals surface area contributed by atoms with Crippen molar-refractivity contribution in [3.63, 3.8) is 0 Å². The van der Waals surface area contributed by atoms with Crippen molar-refractivity contribution in [3.05, 3.63) is 70.3 Å². The molecule has 4 aromatic rings. The van der Waals surface area contributed by atoms with Crippen LogP contribution in [0.5, 0.6) is 5.75 Å². The third kappa shape index (κ3) is 4.71. The summed E-state index contributed by atoms with van der Waals surface area (Å²) in [6.07, 6.45) is 3.38. The molecule has 3 N–H and O–H groups in total. The number of nitrogens with zero attached hydrogens (tertiary/aromatic N) is 1. The molecule has 2 aromatic carbocycles. The number of anilines is 2. The molecular formula is C22H18Cl2FN3O4S. The van der Waals surface area contributed by atoms with E-state index < -0.39 is 21.9 Å². The molecule has 2 heterocycles. The summed E-state index contributed by atoms with van der Waals surface area (Å²) in [5, 5.41) is 0.721. The van der Waals surface area contributed by atoms with Crippen molar-refractivity contribution in [2.45, 2.75) is 13.0 Å². The summed E-state index contributed by atoms with van der Waals surface area (Å²) < 4.78 is 50.9. The van der Waals surface area contributed by atoms with Gasteiger partial charge in [0.1, 0.15) is 11.9 Å². The second kappa shape index (κ2) is 8.74. The normalized spacial score (nSPS) is 12.6. The maximum absolute atomic E-state index is 14.0. The number of fused-ring (bicyclic) bond motifs is 1. The first-order valence-corrected chi connectivity index (χ1v) is 12.2. The Hall–Kier alpha value is -3.01. The van der Waals surface area contributed by atoms with Gasteiger partial charge < -0.3 is 14.9 Å². The molecule has 172 valence electrons. The zero-order valence-electron chi connectivity index (χ0n) is 17.4. The number of nitrogen functional groups attached to an aromatic ring is 1. The minimum Gasteiger partial charge on any atom is -0.478 e. The Morgan fingerprint density at radius 3 is 2.55 bits per heavy atom. The molecule has 0 bridgehead atoms. The number of pyridine rings is 1. The molecule has 11 heteroatoms. The highest BCUT2D eigenvalue weighted by atomic mass is 35.5. The Labute approximate surface area is 199 Å². The minimum atomic E-state index is -3.38. The van der Waals surface area contributed by atoms with E-state index in [1.54, 1.807) is 37.4 Å². The molecular weight excluding hydrogens is 492 g/mol. The number of hydrogen-bond donors (Lipinski definition) is 2. The highest BCUT2D eigenvalue weighted by molar-refractivity contribution is 7.92. The summed E-state index contributed by atoms with van der Waals surface area (Å²) >= 11 is 12.3. The van der Waals surface area contributed by atoms with Gasteiger partial charge in [-0.15, -0.1) is 0 Å². The molecule has 0 amide bonds. The number of ether oxygens (including phenoxy) is 1. The first-order chi connectivity index (χ1) is 15.5. The monoisotopic (exact) mass is 509 g/mol. The second-order valence-corrected chi connectivity index (χ2v) is 9.87. The fourth-order valence-electron chi connectivity index (χ4n) is 3.40. The van der Waals surface area contributed by atoms with Gasteiger partial charge >= 0.3 is 0 Å². The van der Waals surface area contributed by atoms with Crippen molar-refractivity contribution in [2.24, 2.45) is 0 Å². The molecule has 0 radical (unpaired) electrons. The summed E-state index contributed by atoms with van der Waals surface area (Å²) in [7, 11) is -3.38. The van der Waals surface area contributed by atoms with Crippen LogP contribution in [0.25, 0.3) is 22.1 Å². The van der Waals surface area contributed by atoms with Gasteiger partial charge in [0, 0.05) is 28.0 Å². The van der Waals surface area contributed by atoms with E-state index in [1.165, 1.54) is 18.4 Å². The third-order valence-corrected chi connectivity index (χ3v) is 6.20. The number of hydrogen-bond acceptors (Lipinski definition) is 6. The Bertz CT molecular complexity index is 1460. The highest BCUT2D eigenvalue weighted by Gasteiger charge is 2.23. The van der Waals surface area contributed by atoms with Crippen LogP contribution in [-0.2, 0) is 10.0 Å². The van der Waals surface area contributed by atoms with Crippen LogP contribution < -0.4 is 15.2 Å². The number of aromatic nitrogens is 1. The van der Waals surface area contributed by atoms with Crippen LogP contribution >= 0.6 is 23.2 Å². The fourth-order valence-corrected chi connectivity index (χ4v) is 4.64. The molecule has 0 saturated carbocycles. The lowest BCUT2D eigenvalue weighted by atomic mass is 10.1. The number of sulfonamides is 1. The minimum absolute atomic E-state index is 0.0756. The lowest BCUT2D eigenvalue weighted by molar-refractivity contribution is 0.227. The molecule has 0 spiro atoms. The molecule has 2 aromatic heterocycles. The van der Waals surface area contributed by atoms with Gasteiger partial charge in [0.05, 0.1) is 22.9 Å². The molecule has 0 aliphatic heterocycles. The highest BCUT2D eigenvalue weighted by Crippen LogP contribution is 2.41. The maximum Gasteiger partial charge on any atom is 0.229 e. The molecule has 0 aliphatic rings. The van der Waals surface area contributed by atoms with E-state index in [2.05, 4.69) is 9.71 Å². The average Bonchev–Trinajstić information content (AvgIpc) is 3.17. The molecule has 7 nitrogen and oxygen atoms in total. The topological polar surface area (TPSA) is 107 Å². The predicted octanol–water partition coefficient (Wildman–Crippen LogP) is 6.03. The maximum atomic E-state index is 14.0. The van der Waals surface area contributed by atoms with E-state index in [0.717, 1.165) is 11.8 Å². The molecule has 4 rings (SSSR count). The van der Waals surface area contributed by atoms with Crippen LogP contribution in [0.2, 0.25) is 10.0 Å². The van der Waals surface area contributed by atoms with Crippen molar-refractivity contribution in [1.29, 1.82) is 0 Å². The predicted molar refractivity (Wildman–Crippen MR) is 128 cm³/mol. The molecule has 0 unspecified atom stereocenters. The summed E-state index contributed by atoms with van der Waals surface area (Å²) in [6.45, 7) is 1.65. The lowest BCUT2D eigenvalue weighted by Gasteiger charge is -2.18. The van der Waals surface area contributed by atoms with Crippen LogP contribution in [0.3, 0.4) is 0 Å². The van der Waals surface area contributed by atoms with E-state index in [0.29, 0.717) is 22.2 Å². The van der Waals surface area contributed by atoms with E-state index in [4.69, 9.17) is 38.1 Å². The van der Waals surface area contributed by atoms with E-state index in [1.807, 2.05) is 0 Å². The molecule has 0 aliphatic carbocycles. The number of nitrogens with one attached hydrogen (secondary N) is 1. The number of halogens is 3. The smallest absolute Gasteiger partial charge is 0.229 e. The molecule has 0 fully saturated rings. The number of nitrogens with two attached hydrogens (primary N) is 1. The largest absolute Gasteiger partial charge is 0.478 e. The van der Waals surface area contributed by atoms with Gasteiger partial charge in [0.15, 0.2) is 11.4 Å². The zero-order chi connectivity index (χ0) is 23.9. The van der Waals surface area contributed by atoms with Crippen LogP contribution in [-0.4, -0.2) is 19.7 Å². The molecule has 33 heavy (non-hydrogen) atoms. The van der Waals surface area contributed by atoms with Crippen LogP contribution in [0.1, 0.15) is 18.6 Å². The number of rotatable bonds is 6. The third-order valence-electron chi connectivity index (χ3n) is 4.88. The Kier molecular flexibility index (Phi) is 6.13. The van der Waals surface area contributed by atoms with Crippen LogP contribution in [0, 0.1) is 5.82 Å². The quantitative estimate of drug-likeness (QED) is 0.307. The SMILES string of the molecule is C[C@@H](Oc1c(N)ncc2c(-c3ccc(NS(C)(=O)=O)cc3)coc12)c1c(Cl)ccc(F)c1Cl. The molecule has 1 atom stereocenters. The van der Waals surface area contributed by atoms with Crippen LogP contribution in [0.4, 0.5) is 15.9 Å². The first kappa shape index (κ1) is 23.2. The van der Waals surface area contributed by atoms with Gasteiger partial charge in [-0.3, -0.25) is 4.72 Å². The van der Waals surface area contributed by atoms with E-state index in [-0.39, 0.29) is 27.2 Å². The standard InChI is InChI=1S/C22H18Cl2FN3O4S/c1-11(18-16(23)7-8-17(25)19(18)24)32-21-20-14(9-27-22(21)26)15(10-31-20)12-3-5-13(6-4-12)28-33(2,29)30/h3-11,28H,1-2H3,(H2,26,27)/t11-/m1/s1. The molecule has 0 saturated heterocycles. The van der Waals surface area contributed by atoms with Gasteiger partial charge in [0.2, 0.25) is 15.8 Å². The van der Waals surface area contributed by atoms with Gasteiger partial charge in [-0.1, -0.05) is 35.3 Å². The first-order valence-electron chi connectivity index (χ1n) is 9.59. The van der Waals surface area contributed by atoms with Crippen molar-refractivity contribution in [2.75, 3.05) is 16.7 Å². The Morgan fingerprint density at radius 1 is 1.18 bits per heavy atom. The number of furan rings is 1. The van der Waals surface area contributed by atoms with Gasteiger partial charge in [-0.05, 0) is 36.8 Å². The summed E-state index contributed by atoms with van der Waals surface area (Å²) in [5.41, 5.74) is 8.54. The van der Waals surface area contributed by atoms with Gasteiger partial charge in [-0.25, -0.2) is 17.8 Å². The van der Waals surface area contributed by atoms with E-state index in [9.17, 15) is 12.8 Å². The summed E-state index contributed by atoms with van der Waals surface area (Å²) in [4.78, 5) is 4.20. The Balaban J connectivity index is 1.71. The van der Waals surface area contributed by atoms with E-state index >= 15 is 0 Å². The van der Waals surface area contributed by atoms with Crippen molar-refractivity contribution >= 4 is 55.7 Å². The fraction of sp³-hybridized carbons (Fsp3) is 0.136. The average molecular weight is 510 g/mol. The second-order valence-electron chi connectivity index (χ2n) is 7.33. The lowest BCUT2D eigenvalue weighted by Crippen LogP contribution is -2.09. The van der Waals surface area contributed by atoms with Crippen molar-refractivity contribution < 1.29 is 22.0 Å². The van der Waals surface area contributed by atoms with Gasteiger partial charge in [-0.2, -0.15) is 0 Å². The van der Waals surface area contributed by atoms with Crippen molar-refractivity contribution in [1.82, 2.24) is 4.98 Å². The summed E-state index contributed by atoms with van der Waals surface area (Å²) in [6, 6.07) is 9.31. The number of benzene rings is 2. The summed E-state index contributed by atoms with van der Waals surface area (Å²) in [5.74, 6) is -0.380. The van der Waals surface area contributed by atoms with Crippen molar-refractivity contribution in [3.8, 4) is 16.9 Å². The van der Waals surface area contributed by atoms with Crippen LogP contribution in [0.15, 0.2) is 53.3 Å².